The first kappa shape index (κ1) is 16.8. The highest BCUT2D eigenvalue weighted by Crippen LogP contribution is 2.30. The SMILES string of the molecule is COc1ccc(Cl)cc1[C@H](C)N[C@H]1CCN(c2cnn(C)c2)C1=O. The summed E-state index contributed by atoms with van der Waals surface area (Å²) in [5, 5.41) is 8.18. The fourth-order valence-corrected chi connectivity index (χ4v) is 3.25. The zero-order valence-corrected chi connectivity index (χ0v) is 14.7. The number of nitrogens with one attached hydrogen (secondary N) is 1. The van der Waals surface area contributed by atoms with Crippen LogP contribution in [0.5, 0.6) is 5.75 Å². The lowest BCUT2D eigenvalue weighted by Gasteiger charge is -2.21. The summed E-state index contributed by atoms with van der Waals surface area (Å²) in [6.07, 6.45) is 4.31. The van der Waals surface area contributed by atoms with Crippen molar-refractivity contribution in [2.24, 2.45) is 7.05 Å². The van der Waals surface area contributed by atoms with E-state index in [2.05, 4.69) is 10.4 Å². The third-order valence-electron chi connectivity index (χ3n) is 4.32. The van der Waals surface area contributed by atoms with Crippen molar-refractivity contribution in [2.45, 2.75) is 25.4 Å². The number of anilines is 1. The summed E-state index contributed by atoms with van der Waals surface area (Å²) in [4.78, 5) is 14.4. The summed E-state index contributed by atoms with van der Waals surface area (Å²) >= 11 is 6.10. The van der Waals surface area contributed by atoms with E-state index in [-0.39, 0.29) is 18.0 Å². The van der Waals surface area contributed by atoms with Gasteiger partial charge in [-0.3, -0.25) is 14.8 Å². The van der Waals surface area contributed by atoms with Crippen LogP contribution in [0.4, 0.5) is 5.69 Å². The minimum atomic E-state index is -0.233. The van der Waals surface area contributed by atoms with Gasteiger partial charge >= 0.3 is 0 Å². The Kier molecular flexibility index (Phi) is 4.78. The normalized spacial score (nSPS) is 18.9. The topological polar surface area (TPSA) is 59.4 Å². The number of halogens is 1. The lowest BCUT2D eigenvalue weighted by Crippen LogP contribution is -2.39. The summed E-state index contributed by atoms with van der Waals surface area (Å²) in [6, 6.07) is 5.22. The Balaban J connectivity index is 1.72. The molecule has 1 amide bonds. The fourth-order valence-electron chi connectivity index (χ4n) is 3.07. The largest absolute Gasteiger partial charge is 0.496 e. The van der Waals surface area contributed by atoms with E-state index < -0.39 is 0 Å². The highest BCUT2D eigenvalue weighted by atomic mass is 35.5. The molecule has 0 unspecified atom stereocenters. The summed E-state index contributed by atoms with van der Waals surface area (Å²) < 4.78 is 7.10. The molecule has 6 nitrogen and oxygen atoms in total. The number of ether oxygens (including phenoxy) is 1. The van der Waals surface area contributed by atoms with Crippen molar-refractivity contribution in [1.82, 2.24) is 15.1 Å². The average Bonchev–Trinajstić information content (AvgIpc) is 3.14. The zero-order chi connectivity index (χ0) is 17.3. The molecule has 1 aromatic carbocycles. The summed E-state index contributed by atoms with van der Waals surface area (Å²) in [6.45, 7) is 2.69. The first-order valence-electron chi connectivity index (χ1n) is 7.89. The lowest BCUT2D eigenvalue weighted by atomic mass is 10.1. The number of hydrogen-bond acceptors (Lipinski definition) is 4. The highest BCUT2D eigenvalue weighted by Gasteiger charge is 2.34. The number of carbonyl (C=O) groups excluding carboxylic acids is 1. The molecule has 1 aliphatic rings. The van der Waals surface area contributed by atoms with Crippen LogP contribution in [0.2, 0.25) is 5.02 Å². The van der Waals surface area contributed by atoms with Gasteiger partial charge in [0, 0.05) is 36.4 Å². The summed E-state index contributed by atoms with van der Waals surface area (Å²) in [5.41, 5.74) is 1.78. The van der Waals surface area contributed by atoms with Crippen molar-refractivity contribution >= 4 is 23.2 Å². The van der Waals surface area contributed by atoms with E-state index in [0.717, 1.165) is 23.4 Å². The van der Waals surface area contributed by atoms with E-state index in [4.69, 9.17) is 16.3 Å². The molecule has 1 aliphatic heterocycles. The molecule has 1 saturated heterocycles. The second-order valence-electron chi connectivity index (χ2n) is 5.98. The predicted octanol–water partition coefficient (Wildman–Crippen LogP) is 2.54. The van der Waals surface area contributed by atoms with Crippen LogP contribution in [0, 0.1) is 0 Å². The van der Waals surface area contributed by atoms with Crippen LogP contribution in [0.15, 0.2) is 30.6 Å². The van der Waals surface area contributed by atoms with E-state index in [1.54, 1.807) is 29.0 Å². The van der Waals surface area contributed by atoms with Gasteiger partial charge in [0.05, 0.1) is 25.0 Å². The molecule has 1 N–H and O–H groups in total. The first-order chi connectivity index (χ1) is 11.5. The standard InChI is InChI=1S/C17H21ClN4O2/c1-11(14-8-12(18)4-5-16(14)24-3)20-15-6-7-22(17(15)23)13-9-19-21(2)10-13/h4-5,8-11,15,20H,6-7H2,1-3H3/t11-,15-/m0/s1. The number of carbonyl (C=O) groups is 1. The summed E-state index contributed by atoms with van der Waals surface area (Å²) in [5.74, 6) is 0.824. The quantitative estimate of drug-likeness (QED) is 0.902. The number of rotatable bonds is 5. The Bertz CT molecular complexity index is 746. The van der Waals surface area contributed by atoms with Crippen LogP contribution in [-0.4, -0.2) is 35.4 Å². The molecule has 2 aromatic rings. The van der Waals surface area contributed by atoms with Gasteiger partial charge in [-0.25, -0.2) is 0 Å². The minimum Gasteiger partial charge on any atom is -0.496 e. The maximum absolute atomic E-state index is 12.7. The number of aromatic nitrogens is 2. The number of hydrogen-bond donors (Lipinski definition) is 1. The average molecular weight is 349 g/mol. The lowest BCUT2D eigenvalue weighted by molar-refractivity contribution is -0.119. The third kappa shape index (κ3) is 3.25. The molecule has 3 rings (SSSR count). The molecule has 0 spiro atoms. The van der Waals surface area contributed by atoms with Gasteiger partial charge in [0.2, 0.25) is 5.91 Å². The molecular formula is C17H21ClN4O2. The maximum Gasteiger partial charge on any atom is 0.244 e. The van der Waals surface area contributed by atoms with Crippen molar-refractivity contribution in [3.05, 3.63) is 41.2 Å². The van der Waals surface area contributed by atoms with Crippen molar-refractivity contribution < 1.29 is 9.53 Å². The molecule has 2 atom stereocenters. The number of aryl methyl sites for hydroxylation is 1. The smallest absolute Gasteiger partial charge is 0.244 e. The van der Waals surface area contributed by atoms with Crippen LogP contribution in [0.1, 0.15) is 24.9 Å². The van der Waals surface area contributed by atoms with Gasteiger partial charge in [0.1, 0.15) is 5.75 Å². The predicted molar refractivity (Wildman–Crippen MR) is 93.5 cm³/mol. The van der Waals surface area contributed by atoms with Crippen LogP contribution >= 0.6 is 11.6 Å². The first-order valence-corrected chi connectivity index (χ1v) is 8.27. The molecule has 0 radical (unpaired) electrons. The van der Waals surface area contributed by atoms with Gasteiger partial charge in [0.25, 0.3) is 0 Å². The maximum atomic E-state index is 12.7. The Morgan fingerprint density at radius 2 is 2.25 bits per heavy atom. The Morgan fingerprint density at radius 1 is 1.46 bits per heavy atom. The number of methoxy groups -OCH3 is 1. The van der Waals surface area contributed by atoms with E-state index in [0.29, 0.717) is 11.6 Å². The molecular weight excluding hydrogens is 328 g/mol. The van der Waals surface area contributed by atoms with Crippen molar-refractivity contribution in [1.29, 1.82) is 0 Å². The van der Waals surface area contributed by atoms with Gasteiger partial charge < -0.3 is 9.64 Å². The molecule has 0 bridgehead atoms. The second-order valence-corrected chi connectivity index (χ2v) is 6.41. The second kappa shape index (κ2) is 6.83. The van der Waals surface area contributed by atoms with Gasteiger partial charge in [0.15, 0.2) is 0 Å². The van der Waals surface area contributed by atoms with Gasteiger partial charge in [-0.2, -0.15) is 5.10 Å². The monoisotopic (exact) mass is 348 g/mol. The van der Waals surface area contributed by atoms with E-state index in [1.165, 1.54) is 0 Å². The molecule has 128 valence electrons. The van der Waals surface area contributed by atoms with Crippen molar-refractivity contribution in [3.63, 3.8) is 0 Å². The van der Waals surface area contributed by atoms with E-state index in [1.807, 2.05) is 32.3 Å². The zero-order valence-electron chi connectivity index (χ0n) is 14.0. The minimum absolute atomic E-state index is 0.0542. The molecule has 0 saturated carbocycles. The highest BCUT2D eigenvalue weighted by molar-refractivity contribution is 6.30. The molecule has 24 heavy (non-hydrogen) atoms. The Labute approximate surface area is 146 Å². The molecule has 7 heteroatoms. The van der Waals surface area contributed by atoms with Crippen LogP contribution in [0.25, 0.3) is 0 Å². The van der Waals surface area contributed by atoms with Crippen LogP contribution in [-0.2, 0) is 11.8 Å². The Morgan fingerprint density at radius 3 is 2.92 bits per heavy atom. The van der Waals surface area contributed by atoms with Crippen LogP contribution in [0.3, 0.4) is 0 Å². The van der Waals surface area contributed by atoms with Crippen molar-refractivity contribution in [2.75, 3.05) is 18.6 Å². The molecule has 0 aliphatic carbocycles. The molecule has 1 fully saturated rings. The van der Waals surface area contributed by atoms with Gasteiger partial charge in [-0.05, 0) is 31.5 Å². The number of amides is 1. The van der Waals surface area contributed by atoms with Crippen LogP contribution < -0.4 is 15.0 Å². The number of benzene rings is 1. The molecule has 1 aromatic heterocycles. The third-order valence-corrected chi connectivity index (χ3v) is 4.55. The van der Waals surface area contributed by atoms with E-state index >= 15 is 0 Å². The summed E-state index contributed by atoms with van der Waals surface area (Å²) in [7, 11) is 3.47. The van der Waals surface area contributed by atoms with Gasteiger partial charge in [-0.1, -0.05) is 11.6 Å². The number of nitrogens with zero attached hydrogens (tertiary/aromatic N) is 3. The van der Waals surface area contributed by atoms with Crippen molar-refractivity contribution in [3.8, 4) is 5.75 Å². The molecule has 2 heterocycles. The fraction of sp³-hybridized carbons (Fsp3) is 0.412. The van der Waals surface area contributed by atoms with Gasteiger partial charge in [-0.15, -0.1) is 0 Å². The Hall–Kier alpha value is -2.05. The van der Waals surface area contributed by atoms with E-state index in [9.17, 15) is 4.79 Å².